The monoisotopic (exact) mass is 507 g/mol. The van der Waals surface area contributed by atoms with Crippen LogP contribution in [0, 0.1) is 5.92 Å². The zero-order valence-corrected chi connectivity index (χ0v) is 21.0. The summed E-state index contributed by atoms with van der Waals surface area (Å²) in [7, 11) is 0. The number of nitrogens with one attached hydrogen (secondary N) is 3. The molecule has 33 heavy (non-hydrogen) atoms. The Balaban J connectivity index is 5.17. The number of carbonyl (C=O) groups excluding carboxylic acids is 3. The minimum Gasteiger partial charge on any atom is -0.480 e. The number of carboxylic acids is 1. The van der Waals surface area contributed by atoms with Crippen LogP contribution in [-0.2, 0) is 19.2 Å². The smallest absolute Gasteiger partial charge is 0.327 e. The van der Waals surface area contributed by atoms with E-state index >= 15 is 0 Å². The third-order valence-electron chi connectivity index (χ3n) is 4.59. The van der Waals surface area contributed by atoms with Crippen molar-refractivity contribution in [1.29, 1.82) is 0 Å². The lowest BCUT2D eigenvalue weighted by molar-refractivity contribution is -0.141. The molecule has 190 valence electrons. The zero-order valence-electron chi connectivity index (χ0n) is 19.2. The molecule has 0 heterocycles. The molecule has 0 bridgehead atoms. The van der Waals surface area contributed by atoms with Crippen molar-refractivity contribution >= 4 is 54.0 Å². The maximum atomic E-state index is 12.9. The molecule has 0 saturated carbocycles. The van der Waals surface area contributed by atoms with E-state index < -0.39 is 47.9 Å². The molecule has 0 saturated heterocycles. The lowest BCUT2D eigenvalue weighted by atomic mass is 10.0. The number of carbonyl (C=O) groups is 4. The van der Waals surface area contributed by atoms with E-state index in [1.807, 2.05) is 6.26 Å². The first kappa shape index (κ1) is 30.8. The standard InChI is InChI=1S/C19H37N7O5S2/c1-10(2)14(26-15(27)11(20)5-4-7-23-19(21)22)17(29)24-12(6-8-33-3)16(28)25-13(9-32)18(30)31/h10-14,32H,4-9,20H2,1-3H3,(H,24,29)(H,25,28)(H,26,27)(H,30,31)(H4,21,22,23). The molecular formula is C19H37N7O5S2. The minimum absolute atomic E-state index is 0.0475. The molecular weight excluding hydrogens is 470 g/mol. The SMILES string of the molecule is CSCCC(NC(=O)C(NC(=O)C(N)CCCN=C(N)N)C(C)C)C(=O)NC(CS)C(=O)O. The van der Waals surface area contributed by atoms with Crippen LogP contribution in [0.3, 0.4) is 0 Å². The highest BCUT2D eigenvalue weighted by Gasteiger charge is 2.31. The summed E-state index contributed by atoms with van der Waals surface area (Å²) in [5.74, 6) is -2.83. The van der Waals surface area contributed by atoms with Crippen LogP contribution in [0.5, 0.6) is 0 Å². The van der Waals surface area contributed by atoms with Gasteiger partial charge in [0.2, 0.25) is 17.7 Å². The van der Waals surface area contributed by atoms with Crippen LogP contribution in [0.4, 0.5) is 0 Å². The minimum atomic E-state index is -1.23. The molecule has 14 heteroatoms. The molecule has 12 nitrogen and oxygen atoms in total. The highest BCUT2D eigenvalue weighted by atomic mass is 32.2. The number of hydrogen-bond donors (Lipinski definition) is 8. The lowest BCUT2D eigenvalue weighted by Crippen LogP contribution is -2.58. The number of guanidine groups is 1. The van der Waals surface area contributed by atoms with E-state index in [1.165, 1.54) is 11.8 Å². The predicted molar refractivity (Wildman–Crippen MR) is 133 cm³/mol. The second-order valence-electron chi connectivity index (χ2n) is 7.71. The number of carboxylic acid groups (broad SMARTS) is 1. The molecule has 0 aromatic rings. The van der Waals surface area contributed by atoms with E-state index in [1.54, 1.807) is 13.8 Å². The van der Waals surface area contributed by atoms with E-state index in [9.17, 15) is 19.2 Å². The molecule has 0 aliphatic rings. The Labute approximate surface area is 204 Å². The van der Waals surface area contributed by atoms with E-state index in [4.69, 9.17) is 22.3 Å². The lowest BCUT2D eigenvalue weighted by Gasteiger charge is -2.26. The normalized spacial score (nSPS) is 14.5. The Morgan fingerprint density at radius 1 is 1.00 bits per heavy atom. The Bertz CT molecular complexity index is 689. The molecule has 3 amide bonds. The van der Waals surface area contributed by atoms with Crippen molar-refractivity contribution in [3.05, 3.63) is 0 Å². The van der Waals surface area contributed by atoms with E-state index in [0.29, 0.717) is 25.1 Å². The molecule has 4 atom stereocenters. The van der Waals surface area contributed by atoms with Crippen molar-refractivity contribution in [3.63, 3.8) is 0 Å². The van der Waals surface area contributed by atoms with E-state index in [-0.39, 0.29) is 24.1 Å². The second kappa shape index (κ2) is 16.4. The summed E-state index contributed by atoms with van der Waals surface area (Å²) in [5, 5.41) is 16.8. The van der Waals surface area contributed by atoms with Gasteiger partial charge in [0, 0.05) is 12.3 Å². The molecule has 4 unspecified atom stereocenters. The number of amides is 3. The topological polar surface area (TPSA) is 215 Å². The molecule has 0 aromatic carbocycles. The van der Waals surface area contributed by atoms with Gasteiger partial charge in [-0.1, -0.05) is 13.8 Å². The van der Waals surface area contributed by atoms with Crippen LogP contribution >= 0.6 is 24.4 Å². The van der Waals surface area contributed by atoms with E-state index in [2.05, 4.69) is 33.6 Å². The first-order valence-corrected chi connectivity index (χ1v) is 12.5. The van der Waals surface area contributed by atoms with Crippen molar-refractivity contribution in [1.82, 2.24) is 16.0 Å². The van der Waals surface area contributed by atoms with Crippen LogP contribution in [0.15, 0.2) is 4.99 Å². The summed E-state index contributed by atoms with van der Waals surface area (Å²) in [6.45, 7) is 3.81. The summed E-state index contributed by atoms with van der Waals surface area (Å²) in [5.41, 5.74) is 16.4. The van der Waals surface area contributed by atoms with Crippen LogP contribution in [-0.4, -0.2) is 83.2 Å². The summed E-state index contributed by atoms with van der Waals surface area (Å²) in [6.07, 6.45) is 2.92. The molecule has 0 aliphatic heterocycles. The largest absolute Gasteiger partial charge is 0.480 e. The van der Waals surface area contributed by atoms with Gasteiger partial charge < -0.3 is 38.3 Å². The van der Waals surface area contributed by atoms with Gasteiger partial charge in [-0.15, -0.1) is 0 Å². The molecule has 0 rings (SSSR count). The Morgan fingerprint density at radius 3 is 2.09 bits per heavy atom. The first-order chi connectivity index (χ1) is 15.4. The van der Waals surface area contributed by atoms with Crippen molar-refractivity contribution in [2.75, 3.05) is 24.3 Å². The summed E-state index contributed by atoms with van der Waals surface area (Å²) < 4.78 is 0. The molecule has 0 aromatic heterocycles. The van der Waals surface area contributed by atoms with Crippen LogP contribution < -0.4 is 33.2 Å². The van der Waals surface area contributed by atoms with Crippen molar-refractivity contribution in [2.24, 2.45) is 28.1 Å². The van der Waals surface area contributed by atoms with Gasteiger partial charge in [-0.25, -0.2) is 4.79 Å². The third kappa shape index (κ3) is 12.6. The quantitative estimate of drug-likeness (QED) is 0.0513. The maximum absolute atomic E-state index is 12.9. The van der Waals surface area contributed by atoms with Crippen LogP contribution in [0.25, 0.3) is 0 Å². The molecule has 10 N–H and O–H groups in total. The van der Waals surface area contributed by atoms with Gasteiger partial charge >= 0.3 is 5.97 Å². The second-order valence-corrected chi connectivity index (χ2v) is 9.06. The number of rotatable bonds is 16. The fourth-order valence-corrected chi connectivity index (χ4v) is 3.39. The summed E-state index contributed by atoms with van der Waals surface area (Å²) in [4.78, 5) is 53.0. The van der Waals surface area contributed by atoms with Gasteiger partial charge in [0.25, 0.3) is 0 Å². The summed E-state index contributed by atoms with van der Waals surface area (Å²) in [6, 6.07) is -3.97. The van der Waals surface area contributed by atoms with Crippen molar-refractivity contribution < 1.29 is 24.3 Å². The Hall–Kier alpha value is -2.19. The van der Waals surface area contributed by atoms with Gasteiger partial charge in [-0.2, -0.15) is 24.4 Å². The third-order valence-corrected chi connectivity index (χ3v) is 5.60. The molecule has 0 aliphatic carbocycles. The van der Waals surface area contributed by atoms with Gasteiger partial charge in [0.15, 0.2) is 5.96 Å². The number of aliphatic imine (C=N–C) groups is 1. The van der Waals surface area contributed by atoms with Crippen molar-refractivity contribution in [3.8, 4) is 0 Å². The first-order valence-electron chi connectivity index (χ1n) is 10.5. The molecule has 0 fully saturated rings. The average Bonchev–Trinajstić information content (AvgIpc) is 2.74. The Morgan fingerprint density at radius 2 is 1.61 bits per heavy atom. The Kier molecular flexibility index (Phi) is 15.3. The predicted octanol–water partition coefficient (Wildman–Crippen LogP) is -1.75. The van der Waals surface area contributed by atoms with Crippen molar-refractivity contribution in [2.45, 2.75) is 57.3 Å². The number of nitrogens with two attached hydrogens (primary N) is 3. The van der Waals surface area contributed by atoms with Crippen LogP contribution in [0.1, 0.15) is 33.1 Å². The highest BCUT2D eigenvalue weighted by Crippen LogP contribution is 2.07. The van der Waals surface area contributed by atoms with Gasteiger partial charge in [-0.05, 0) is 37.2 Å². The number of hydrogen-bond acceptors (Lipinski definition) is 8. The van der Waals surface area contributed by atoms with Crippen LogP contribution in [0.2, 0.25) is 0 Å². The van der Waals surface area contributed by atoms with E-state index in [0.717, 1.165) is 0 Å². The summed E-state index contributed by atoms with van der Waals surface area (Å²) >= 11 is 5.40. The number of nitrogens with zero attached hydrogens (tertiary/aromatic N) is 1. The van der Waals surface area contributed by atoms with Gasteiger partial charge in [-0.3, -0.25) is 19.4 Å². The zero-order chi connectivity index (χ0) is 25.6. The van der Waals surface area contributed by atoms with Gasteiger partial charge in [0.1, 0.15) is 18.1 Å². The maximum Gasteiger partial charge on any atom is 0.327 e. The molecule has 0 radical (unpaired) electrons. The number of aliphatic carboxylic acids is 1. The van der Waals surface area contributed by atoms with Gasteiger partial charge in [0.05, 0.1) is 6.04 Å². The fourth-order valence-electron chi connectivity index (χ4n) is 2.67. The molecule has 0 spiro atoms. The fraction of sp³-hybridized carbons (Fsp3) is 0.737. The highest BCUT2D eigenvalue weighted by molar-refractivity contribution is 7.98. The number of thioether (sulfide) groups is 1. The average molecular weight is 508 g/mol. The number of thiol groups is 1.